The van der Waals surface area contributed by atoms with E-state index in [1.165, 1.54) is 12.8 Å². The molecule has 0 spiro atoms. The summed E-state index contributed by atoms with van der Waals surface area (Å²) in [6, 6.07) is 3.44. The molecule has 0 saturated heterocycles. The largest absolute Gasteiger partial charge is 0.474 e. The van der Waals surface area contributed by atoms with E-state index in [0.29, 0.717) is 16.9 Å². The molecule has 2 saturated carbocycles. The van der Waals surface area contributed by atoms with Crippen molar-refractivity contribution in [3.8, 4) is 5.88 Å². The lowest BCUT2D eigenvalue weighted by molar-refractivity contribution is 0.0273. The van der Waals surface area contributed by atoms with Crippen LogP contribution in [0.2, 0.25) is 0 Å². The molecule has 1 aromatic heterocycles. The second kappa shape index (κ2) is 4.61. The summed E-state index contributed by atoms with van der Waals surface area (Å²) in [4.78, 5) is 4.27. The zero-order valence-corrected chi connectivity index (χ0v) is 12.8. The van der Waals surface area contributed by atoms with Crippen molar-refractivity contribution in [1.29, 1.82) is 0 Å². The van der Waals surface area contributed by atoms with Gasteiger partial charge in [0.25, 0.3) is 0 Å². The molecular weight excluding hydrogens is 266 g/mol. The summed E-state index contributed by atoms with van der Waals surface area (Å²) in [7, 11) is 0. The highest BCUT2D eigenvalue weighted by Crippen LogP contribution is 2.66. The smallest absolute Gasteiger partial charge is 0.214 e. The predicted octanol–water partition coefficient (Wildman–Crippen LogP) is 2.77. The van der Waals surface area contributed by atoms with Gasteiger partial charge in [-0.2, -0.15) is 0 Å². The number of aromatic nitrogens is 1. The van der Waals surface area contributed by atoms with Gasteiger partial charge in [-0.3, -0.25) is 0 Å². The summed E-state index contributed by atoms with van der Waals surface area (Å²) in [6.45, 7) is 7.04. The van der Waals surface area contributed by atoms with E-state index < -0.39 is 0 Å². The Kier molecular flexibility index (Phi) is 3.11. The van der Waals surface area contributed by atoms with Crippen molar-refractivity contribution in [2.75, 3.05) is 0 Å². The predicted molar refractivity (Wildman–Crippen MR) is 80.4 cm³/mol. The zero-order chi connectivity index (χ0) is 15.3. The zero-order valence-electron chi connectivity index (χ0n) is 12.8. The van der Waals surface area contributed by atoms with E-state index in [-0.39, 0.29) is 17.4 Å². The summed E-state index contributed by atoms with van der Waals surface area (Å²) < 4.78 is 6.18. The molecule has 0 aromatic carbocycles. The minimum absolute atomic E-state index is 0.0711. The van der Waals surface area contributed by atoms with Crippen LogP contribution in [0.4, 0.5) is 0 Å². The van der Waals surface area contributed by atoms with Crippen LogP contribution in [0.15, 0.2) is 23.5 Å². The van der Waals surface area contributed by atoms with Gasteiger partial charge in [-0.1, -0.05) is 25.9 Å². The summed E-state index contributed by atoms with van der Waals surface area (Å²) in [5, 5.41) is 11.8. The molecule has 5 heteroatoms. The number of ether oxygens (including phenoxy) is 1. The van der Waals surface area contributed by atoms with Gasteiger partial charge in [-0.25, -0.2) is 4.98 Å². The number of nitrogens with zero attached hydrogens (tertiary/aromatic N) is 2. The van der Waals surface area contributed by atoms with Crippen LogP contribution in [0.1, 0.15) is 45.6 Å². The van der Waals surface area contributed by atoms with Crippen LogP contribution >= 0.6 is 0 Å². The third-order valence-corrected chi connectivity index (χ3v) is 6.12. The number of hydrogen-bond acceptors (Lipinski definition) is 4. The average molecular weight is 289 g/mol. The first-order valence-corrected chi connectivity index (χ1v) is 7.49. The monoisotopic (exact) mass is 289 g/mol. The van der Waals surface area contributed by atoms with E-state index in [2.05, 4.69) is 30.9 Å². The highest BCUT2D eigenvalue weighted by Gasteiger charge is 2.62. The van der Waals surface area contributed by atoms with Gasteiger partial charge >= 0.3 is 0 Å². The molecule has 2 fully saturated rings. The molecule has 114 valence electrons. The van der Waals surface area contributed by atoms with Gasteiger partial charge in [0.1, 0.15) is 6.10 Å². The van der Waals surface area contributed by atoms with Gasteiger partial charge in [0.15, 0.2) is 5.84 Å². The minimum atomic E-state index is 0.0711. The summed E-state index contributed by atoms with van der Waals surface area (Å²) in [6.07, 6.45) is 5.39. The quantitative estimate of drug-likeness (QED) is 0.388. The van der Waals surface area contributed by atoms with Crippen molar-refractivity contribution in [3.05, 3.63) is 23.9 Å². The van der Waals surface area contributed by atoms with Gasteiger partial charge < -0.3 is 15.7 Å². The van der Waals surface area contributed by atoms with E-state index >= 15 is 0 Å². The first kappa shape index (κ1) is 14.2. The van der Waals surface area contributed by atoms with E-state index in [1.54, 1.807) is 18.3 Å². The van der Waals surface area contributed by atoms with Crippen molar-refractivity contribution >= 4 is 5.84 Å². The molecule has 21 heavy (non-hydrogen) atoms. The number of pyridine rings is 1. The van der Waals surface area contributed by atoms with E-state index in [9.17, 15) is 0 Å². The lowest BCUT2D eigenvalue weighted by Gasteiger charge is -2.38. The molecule has 0 amide bonds. The van der Waals surface area contributed by atoms with Gasteiger partial charge in [0.2, 0.25) is 5.88 Å². The molecule has 0 radical (unpaired) electrons. The van der Waals surface area contributed by atoms with Crippen LogP contribution < -0.4 is 10.5 Å². The summed E-state index contributed by atoms with van der Waals surface area (Å²) in [5.41, 5.74) is 6.73. The molecule has 2 aliphatic carbocycles. The van der Waals surface area contributed by atoms with Crippen LogP contribution in [0, 0.1) is 16.7 Å². The molecule has 2 aliphatic rings. The van der Waals surface area contributed by atoms with Gasteiger partial charge in [0, 0.05) is 23.2 Å². The maximum absolute atomic E-state index is 8.76. The van der Waals surface area contributed by atoms with Crippen molar-refractivity contribution in [2.24, 2.45) is 27.6 Å². The van der Waals surface area contributed by atoms with E-state index in [1.807, 2.05) is 0 Å². The standard InChI is InChI=1S/C16H23N3O2/c1-15(2)11-4-6-16(15,3)12(9-11)21-13-8-10(5-7-18-13)14(17)19-20/h5,7-8,11-12,20H,4,6,9H2,1-3H3,(H2,17,19). The molecule has 3 unspecified atom stereocenters. The Labute approximate surface area is 125 Å². The molecule has 3 atom stereocenters. The lowest BCUT2D eigenvalue weighted by Crippen LogP contribution is -2.39. The SMILES string of the molecule is CC1(C)C2CCC1(C)C(Oc1cc(/C(N)=N/O)ccn1)C2. The Balaban J connectivity index is 1.83. The Morgan fingerprint density at radius 2 is 2.24 bits per heavy atom. The molecule has 5 nitrogen and oxygen atoms in total. The normalized spacial score (nSPS) is 34.1. The fraction of sp³-hybridized carbons (Fsp3) is 0.625. The number of hydrogen-bond donors (Lipinski definition) is 2. The average Bonchev–Trinajstić information content (AvgIpc) is 2.80. The molecule has 3 N–H and O–H groups in total. The minimum Gasteiger partial charge on any atom is -0.474 e. The molecule has 2 bridgehead atoms. The van der Waals surface area contributed by atoms with Crippen molar-refractivity contribution in [3.63, 3.8) is 0 Å². The van der Waals surface area contributed by atoms with Crippen molar-refractivity contribution < 1.29 is 9.94 Å². The second-order valence-corrected chi connectivity index (χ2v) is 7.08. The third kappa shape index (κ3) is 1.98. The topological polar surface area (TPSA) is 80.7 Å². The number of amidine groups is 1. The first-order valence-electron chi connectivity index (χ1n) is 7.49. The van der Waals surface area contributed by atoms with Crippen molar-refractivity contribution in [2.45, 2.75) is 46.1 Å². The van der Waals surface area contributed by atoms with Crippen LogP contribution in [0.3, 0.4) is 0 Å². The number of rotatable bonds is 3. The fourth-order valence-electron chi connectivity index (χ4n) is 4.15. The third-order valence-electron chi connectivity index (χ3n) is 6.12. The van der Waals surface area contributed by atoms with Crippen LogP contribution in [-0.4, -0.2) is 22.1 Å². The maximum Gasteiger partial charge on any atom is 0.214 e. The Morgan fingerprint density at radius 1 is 1.48 bits per heavy atom. The second-order valence-electron chi connectivity index (χ2n) is 7.08. The highest BCUT2D eigenvalue weighted by atomic mass is 16.5. The van der Waals surface area contributed by atoms with Gasteiger partial charge in [-0.05, 0) is 36.7 Å². The van der Waals surface area contributed by atoms with Crippen molar-refractivity contribution in [1.82, 2.24) is 4.98 Å². The number of fused-ring (bicyclic) bond motifs is 2. The molecule has 1 aromatic rings. The van der Waals surface area contributed by atoms with E-state index in [0.717, 1.165) is 12.3 Å². The molecule has 3 rings (SSSR count). The molecule has 1 heterocycles. The maximum atomic E-state index is 8.76. The summed E-state index contributed by atoms with van der Waals surface area (Å²) in [5.74, 6) is 1.34. The Hall–Kier alpha value is -1.78. The van der Waals surface area contributed by atoms with Crippen LogP contribution in [-0.2, 0) is 0 Å². The van der Waals surface area contributed by atoms with Crippen LogP contribution in [0.5, 0.6) is 5.88 Å². The van der Waals surface area contributed by atoms with Gasteiger partial charge in [0.05, 0.1) is 0 Å². The molecular formula is C16H23N3O2. The lowest BCUT2D eigenvalue weighted by atomic mass is 9.70. The highest BCUT2D eigenvalue weighted by molar-refractivity contribution is 5.97. The number of oxime groups is 1. The Bertz CT molecular complexity index is 585. The Morgan fingerprint density at radius 3 is 2.81 bits per heavy atom. The fourth-order valence-corrected chi connectivity index (χ4v) is 4.15. The van der Waals surface area contributed by atoms with Crippen LogP contribution in [0.25, 0.3) is 0 Å². The summed E-state index contributed by atoms with van der Waals surface area (Å²) >= 11 is 0. The number of nitrogens with two attached hydrogens (primary N) is 1. The van der Waals surface area contributed by atoms with E-state index in [4.69, 9.17) is 15.7 Å². The molecule has 0 aliphatic heterocycles. The van der Waals surface area contributed by atoms with Gasteiger partial charge in [-0.15, -0.1) is 0 Å². The first-order chi connectivity index (χ1) is 9.88.